The number of hydrogen-bond donors (Lipinski definition) is 2. The quantitative estimate of drug-likeness (QED) is 0.671. The predicted molar refractivity (Wildman–Crippen MR) is 127 cm³/mol. The van der Waals surface area contributed by atoms with Gasteiger partial charge in [-0.05, 0) is 30.1 Å². The number of ether oxygens (including phenoxy) is 1. The number of amidine groups is 2. The fourth-order valence-corrected chi connectivity index (χ4v) is 5.55. The van der Waals surface area contributed by atoms with E-state index < -0.39 is 12.5 Å². The smallest absolute Gasteiger partial charge is 0.249 e. The number of rotatable bonds is 4. The van der Waals surface area contributed by atoms with Gasteiger partial charge in [-0.15, -0.1) is 0 Å². The summed E-state index contributed by atoms with van der Waals surface area (Å²) in [5.74, 6) is 2.49. The Kier molecular flexibility index (Phi) is 4.81. The van der Waals surface area contributed by atoms with E-state index in [4.69, 9.17) is 9.73 Å². The Morgan fingerprint density at radius 3 is 2.84 bits per heavy atom. The molecule has 0 aromatic carbocycles. The molecule has 32 heavy (non-hydrogen) atoms. The molecule has 162 valence electrons. The van der Waals surface area contributed by atoms with Crippen LogP contribution in [0.1, 0.15) is 13.3 Å². The van der Waals surface area contributed by atoms with Crippen LogP contribution in [0.3, 0.4) is 0 Å². The standard InChI is InChI=1S/C27H27N3O2/c1-2-32-27-29-25(28-26(30-27)21-8-3-4-9-22(21)31)20-15-13-18-11-10-16-6-5-7-17-12-14-19(20)24(18)23(16)17/h3-12,14-16,18,21-23,27,31H,2,13H2,1H3,(H,28,29,30). The van der Waals surface area contributed by atoms with Crippen LogP contribution < -0.4 is 5.32 Å². The molecule has 5 heteroatoms. The molecule has 1 heterocycles. The maximum atomic E-state index is 10.5. The van der Waals surface area contributed by atoms with Gasteiger partial charge in [0.1, 0.15) is 11.7 Å². The van der Waals surface area contributed by atoms with Crippen LogP contribution >= 0.6 is 0 Å². The van der Waals surface area contributed by atoms with Crippen molar-refractivity contribution in [2.75, 3.05) is 6.61 Å². The van der Waals surface area contributed by atoms with Crippen LogP contribution in [-0.4, -0.2) is 35.8 Å². The molecule has 6 unspecified atom stereocenters. The van der Waals surface area contributed by atoms with Gasteiger partial charge in [0.25, 0.3) is 0 Å². The van der Waals surface area contributed by atoms with E-state index in [0.29, 0.717) is 30.2 Å². The van der Waals surface area contributed by atoms with Crippen molar-refractivity contribution in [1.29, 1.82) is 0 Å². The Balaban J connectivity index is 1.38. The van der Waals surface area contributed by atoms with E-state index in [-0.39, 0.29) is 5.92 Å². The molecular formula is C27H27N3O2. The summed E-state index contributed by atoms with van der Waals surface area (Å²) < 4.78 is 5.80. The number of aliphatic imine (C=N–C) groups is 2. The summed E-state index contributed by atoms with van der Waals surface area (Å²) >= 11 is 0. The Morgan fingerprint density at radius 2 is 1.97 bits per heavy atom. The SMILES string of the molecule is CCOC1N=C(C2=CCC3C=CC4C=CC=C5C=CC2=C3C54)NC(C2C=CC=CC2O)=N1. The van der Waals surface area contributed by atoms with Crippen molar-refractivity contribution >= 4 is 11.7 Å². The van der Waals surface area contributed by atoms with Crippen molar-refractivity contribution in [2.45, 2.75) is 25.8 Å². The lowest BCUT2D eigenvalue weighted by atomic mass is 9.63. The molecule has 0 radical (unpaired) electrons. The molecule has 0 aromatic heterocycles. The number of aliphatic hydroxyl groups excluding tert-OH is 1. The van der Waals surface area contributed by atoms with Gasteiger partial charge in [0, 0.05) is 29.9 Å². The molecule has 0 bridgehead atoms. The molecule has 6 aliphatic rings. The summed E-state index contributed by atoms with van der Waals surface area (Å²) in [6.07, 6.45) is 25.5. The second kappa shape index (κ2) is 7.84. The third-order valence-electron chi connectivity index (χ3n) is 7.01. The lowest BCUT2D eigenvalue weighted by Crippen LogP contribution is -2.45. The Morgan fingerprint density at radius 1 is 1.06 bits per heavy atom. The van der Waals surface area contributed by atoms with Crippen LogP contribution in [0.25, 0.3) is 0 Å². The fraction of sp³-hybridized carbons (Fsp3) is 0.333. The topological polar surface area (TPSA) is 66.2 Å². The van der Waals surface area contributed by atoms with Gasteiger partial charge in [0.05, 0.1) is 12.0 Å². The molecule has 1 aliphatic heterocycles. The zero-order valence-corrected chi connectivity index (χ0v) is 18.1. The van der Waals surface area contributed by atoms with Crippen molar-refractivity contribution in [3.05, 3.63) is 95.2 Å². The van der Waals surface area contributed by atoms with Crippen LogP contribution in [0.2, 0.25) is 0 Å². The van der Waals surface area contributed by atoms with Crippen LogP contribution in [0.15, 0.2) is 105 Å². The molecule has 0 saturated carbocycles. The first-order chi connectivity index (χ1) is 15.7. The molecule has 0 fully saturated rings. The highest BCUT2D eigenvalue weighted by molar-refractivity contribution is 6.14. The summed E-state index contributed by atoms with van der Waals surface area (Å²) in [6.45, 7) is 2.47. The molecule has 2 N–H and O–H groups in total. The maximum absolute atomic E-state index is 10.5. The minimum Gasteiger partial charge on any atom is -0.388 e. The highest BCUT2D eigenvalue weighted by Crippen LogP contribution is 2.50. The second-order valence-corrected chi connectivity index (χ2v) is 8.84. The fourth-order valence-electron chi connectivity index (χ4n) is 5.55. The molecule has 0 aromatic rings. The van der Waals surface area contributed by atoms with Gasteiger partial charge in [-0.25, -0.2) is 9.98 Å². The molecule has 5 nitrogen and oxygen atoms in total. The Bertz CT molecular complexity index is 1140. The second-order valence-electron chi connectivity index (χ2n) is 8.84. The van der Waals surface area contributed by atoms with E-state index in [0.717, 1.165) is 17.8 Å². The number of allylic oxidation sites excluding steroid dienone is 12. The van der Waals surface area contributed by atoms with Gasteiger partial charge in [0.15, 0.2) is 0 Å². The third-order valence-corrected chi connectivity index (χ3v) is 7.01. The zero-order valence-electron chi connectivity index (χ0n) is 18.1. The van der Waals surface area contributed by atoms with E-state index in [1.807, 2.05) is 25.2 Å². The Hall–Kier alpha value is -3.02. The first-order valence-corrected chi connectivity index (χ1v) is 11.5. The number of nitrogens with zero attached hydrogens (tertiary/aromatic N) is 2. The monoisotopic (exact) mass is 425 g/mol. The van der Waals surface area contributed by atoms with Crippen molar-refractivity contribution in [3.8, 4) is 0 Å². The third kappa shape index (κ3) is 3.15. The van der Waals surface area contributed by atoms with Crippen molar-refractivity contribution in [3.63, 3.8) is 0 Å². The summed E-state index contributed by atoms with van der Waals surface area (Å²) in [5, 5.41) is 14.0. The van der Waals surface area contributed by atoms with Crippen LogP contribution in [0.4, 0.5) is 0 Å². The molecular weight excluding hydrogens is 398 g/mol. The van der Waals surface area contributed by atoms with E-state index in [9.17, 15) is 5.11 Å². The summed E-state index contributed by atoms with van der Waals surface area (Å²) in [4.78, 5) is 9.47. The molecule has 0 spiro atoms. The lowest BCUT2D eigenvalue weighted by molar-refractivity contribution is 0.0740. The van der Waals surface area contributed by atoms with E-state index >= 15 is 0 Å². The molecule has 5 aliphatic carbocycles. The molecule has 6 rings (SSSR count). The van der Waals surface area contributed by atoms with Gasteiger partial charge >= 0.3 is 0 Å². The summed E-state index contributed by atoms with van der Waals surface area (Å²) in [5.41, 5.74) is 5.25. The summed E-state index contributed by atoms with van der Waals surface area (Å²) in [7, 11) is 0. The first-order valence-electron chi connectivity index (χ1n) is 11.5. The highest BCUT2D eigenvalue weighted by Gasteiger charge is 2.39. The van der Waals surface area contributed by atoms with Crippen molar-refractivity contribution < 1.29 is 9.84 Å². The van der Waals surface area contributed by atoms with Gasteiger partial charge in [-0.2, -0.15) is 0 Å². The predicted octanol–water partition coefficient (Wildman–Crippen LogP) is 3.92. The normalized spacial score (nSPS) is 36.2. The molecule has 0 saturated heterocycles. The number of hydrogen-bond acceptors (Lipinski definition) is 5. The maximum Gasteiger partial charge on any atom is 0.249 e. The van der Waals surface area contributed by atoms with Gasteiger partial charge in [-0.3, -0.25) is 0 Å². The van der Waals surface area contributed by atoms with Crippen LogP contribution in [0, 0.1) is 23.7 Å². The minimum atomic E-state index is -0.625. The number of aliphatic hydroxyl groups is 1. The molecule has 0 amide bonds. The van der Waals surface area contributed by atoms with E-state index in [1.165, 1.54) is 16.7 Å². The van der Waals surface area contributed by atoms with Crippen molar-refractivity contribution in [2.24, 2.45) is 33.7 Å². The van der Waals surface area contributed by atoms with E-state index in [2.05, 4.69) is 58.9 Å². The van der Waals surface area contributed by atoms with Gasteiger partial charge < -0.3 is 15.2 Å². The van der Waals surface area contributed by atoms with Crippen LogP contribution in [-0.2, 0) is 4.74 Å². The minimum absolute atomic E-state index is 0.245. The summed E-state index contributed by atoms with van der Waals surface area (Å²) in [6, 6.07) is 0. The lowest BCUT2D eigenvalue weighted by Gasteiger charge is -2.42. The first kappa shape index (κ1) is 19.6. The van der Waals surface area contributed by atoms with E-state index in [1.54, 1.807) is 6.08 Å². The van der Waals surface area contributed by atoms with Crippen molar-refractivity contribution in [1.82, 2.24) is 5.32 Å². The van der Waals surface area contributed by atoms with Gasteiger partial charge in [0.2, 0.25) is 6.35 Å². The zero-order chi connectivity index (χ0) is 21.7. The Labute approximate surface area is 188 Å². The average Bonchev–Trinajstić information content (AvgIpc) is 2.83. The molecule has 6 atom stereocenters. The van der Waals surface area contributed by atoms with Gasteiger partial charge in [-0.1, -0.05) is 72.9 Å². The highest BCUT2D eigenvalue weighted by atomic mass is 16.5. The largest absolute Gasteiger partial charge is 0.388 e. The number of nitrogens with one attached hydrogen (secondary N) is 1. The van der Waals surface area contributed by atoms with Crippen LogP contribution in [0.5, 0.6) is 0 Å². The average molecular weight is 426 g/mol.